The number of H-pyrrole nitrogens is 1. The van der Waals surface area contributed by atoms with E-state index in [0.29, 0.717) is 0 Å². The van der Waals surface area contributed by atoms with Crippen LogP contribution in [0.4, 0.5) is 0 Å². The van der Waals surface area contributed by atoms with Crippen molar-refractivity contribution in [2.24, 2.45) is 0 Å². The first-order chi connectivity index (χ1) is 8.35. The van der Waals surface area contributed by atoms with Gasteiger partial charge in [-0.3, -0.25) is 0 Å². The molecule has 0 aliphatic rings. The summed E-state index contributed by atoms with van der Waals surface area (Å²) in [7, 11) is 0. The monoisotopic (exact) mass is 223 g/mol. The van der Waals surface area contributed by atoms with E-state index in [0.717, 1.165) is 32.6 Å². The third-order valence-electron chi connectivity index (χ3n) is 2.95. The minimum absolute atomic E-state index is 0.886. The molecule has 0 radical (unpaired) electrons. The fourth-order valence-corrected chi connectivity index (χ4v) is 2.20. The third kappa shape index (κ3) is 1.34. The first-order valence-electron chi connectivity index (χ1n) is 5.63. The molecule has 2 heteroatoms. The summed E-state index contributed by atoms with van der Waals surface area (Å²) in [6.45, 7) is 5.72. The molecule has 1 N–H and O–H groups in total. The molecule has 2 nitrogen and oxygen atoms in total. The Kier molecular flexibility index (Phi) is 2.15. The van der Waals surface area contributed by atoms with E-state index in [-0.39, 0.29) is 0 Å². The van der Waals surface area contributed by atoms with Crippen molar-refractivity contribution in [3.8, 4) is 0 Å². The second kappa shape index (κ2) is 3.67. The summed E-state index contributed by atoms with van der Waals surface area (Å²) in [5.41, 5.74) is 3.94. The van der Waals surface area contributed by atoms with Crippen molar-refractivity contribution in [1.82, 2.24) is 4.98 Å². The second-order valence-corrected chi connectivity index (χ2v) is 3.95. The van der Waals surface area contributed by atoms with Gasteiger partial charge < -0.3 is 9.40 Å². The highest BCUT2D eigenvalue weighted by molar-refractivity contribution is 6.04. The van der Waals surface area contributed by atoms with Crippen molar-refractivity contribution in [2.45, 2.75) is 6.92 Å². The SMILES string of the molecule is C=C/C=c1\c(=C/C)oc2c1[nH]c1ccccc12. The van der Waals surface area contributed by atoms with E-state index in [4.69, 9.17) is 4.42 Å². The van der Waals surface area contributed by atoms with Crippen LogP contribution < -0.4 is 10.6 Å². The Hall–Kier alpha value is -2.22. The van der Waals surface area contributed by atoms with Crippen LogP contribution in [-0.2, 0) is 0 Å². The van der Waals surface area contributed by atoms with Gasteiger partial charge in [-0.2, -0.15) is 0 Å². The van der Waals surface area contributed by atoms with Crippen LogP contribution in [-0.4, -0.2) is 4.98 Å². The van der Waals surface area contributed by atoms with Crippen LogP contribution >= 0.6 is 0 Å². The van der Waals surface area contributed by atoms with Crippen molar-refractivity contribution < 1.29 is 4.42 Å². The van der Waals surface area contributed by atoms with Crippen molar-refractivity contribution in [2.75, 3.05) is 0 Å². The van der Waals surface area contributed by atoms with Gasteiger partial charge in [0.05, 0.1) is 5.52 Å². The van der Waals surface area contributed by atoms with E-state index in [1.807, 2.05) is 31.2 Å². The van der Waals surface area contributed by atoms with E-state index in [9.17, 15) is 0 Å². The summed E-state index contributed by atoms with van der Waals surface area (Å²) in [5, 5.41) is 2.18. The molecule has 0 aliphatic heterocycles. The third-order valence-corrected chi connectivity index (χ3v) is 2.95. The summed E-state index contributed by atoms with van der Waals surface area (Å²) in [4.78, 5) is 3.39. The minimum atomic E-state index is 0.886. The van der Waals surface area contributed by atoms with E-state index in [2.05, 4.69) is 23.7 Å². The van der Waals surface area contributed by atoms with Gasteiger partial charge in [0, 0.05) is 16.1 Å². The summed E-state index contributed by atoms with van der Waals surface area (Å²) in [5.74, 6) is 0. The number of allylic oxidation sites excluding steroid dienone is 1. The standard InChI is InChI=1S/C15H13NO/c1-3-7-11-13(4-2)17-15-10-8-5-6-9-12(10)16-14(11)15/h3-9,16H,1H2,2H3/b11-7+,13-4+. The van der Waals surface area contributed by atoms with Gasteiger partial charge in [-0.25, -0.2) is 0 Å². The van der Waals surface area contributed by atoms with Crippen LogP contribution in [0.2, 0.25) is 0 Å². The Morgan fingerprint density at radius 2 is 2.12 bits per heavy atom. The number of nitrogens with one attached hydrogen (secondary N) is 1. The maximum atomic E-state index is 5.89. The van der Waals surface area contributed by atoms with E-state index < -0.39 is 0 Å². The highest BCUT2D eigenvalue weighted by Crippen LogP contribution is 2.21. The maximum absolute atomic E-state index is 5.89. The largest absolute Gasteiger partial charge is 0.454 e. The van der Waals surface area contributed by atoms with Crippen LogP contribution in [0, 0.1) is 0 Å². The fourth-order valence-electron chi connectivity index (χ4n) is 2.20. The average molecular weight is 223 g/mol. The molecule has 0 saturated heterocycles. The zero-order chi connectivity index (χ0) is 11.8. The number of aromatic amines is 1. The smallest absolute Gasteiger partial charge is 0.160 e. The quantitative estimate of drug-likeness (QED) is 0.675. The molecule has 0 fully saturated rings. The molecule has 3 aromatic rings. The Labute approximate surface area is 98.6 Å². The van der Waals surface area contributed by atoms with Crippen LogP contribution in [0.5, 0.6) is 0 Å². The molecule has 0 unspecified atom stereocenters. The first kappa shape index (κ1) is 9.97. The molecule has 2 aromatic heterocycles. The summed E-state index contributed by atoms with van der Waals surface area (Å²) in [6.07, 6.45) is 5.72. The van der Waals surface area contributed by atoms with Crippen molar-refractivity contribution in [3.63, 3.8) is 0 Å². The Bertz CT molecular complexity index is 818. The Morgan fingerprint density at radius 3 is 2.88 bits per heavy atom. The number of para-hydroxylation sites is 1. The van der Waals surface area contributed by atoms with Gasteiger partial charge in [-0.1, -0.05) is 24.8 Å². The lowest BCUT2D eigenvalue weighted by Gasteiger charge is -1.86. The van der Waals surface area contributed by atoms with Crippen molar-refractivity contribution in [1.29, 1.82) is 0 Å². The van der Waals surface area contributed by atoms with Crippen LogP contribution in [0.3, 0.4) is 0 Å². The van der Waals surface area contributed by atoms with Gasteiger partial charge in [0.25, 0.3) is 0 Å². The summed E-state index contributed by atoms with van der Waals surface area (Å²) in [6, 6.07) is 8.15. The lowest BCUT2D eigenvalue weighted by molar-refractivity contribution is 0.578. The molecule has 1 aromatic carbocycles. The van der Waals surface area contributed by atoms with E-state index in [1.54, 1.807) is 6.08 Å². The van der Waals surface area contributed by atoms with Crippen molar-refractivity contribution in [3.05, 3.63) is 47.6 Å². The minimum Gasteiger partial charge on any atom is -0.454 e. The molecule has 0 aliphatic carbocycles. The van der Waals surface area contributed by atoms with Gasteiger partial charge in [0.15, 0.2) is 5.58 Å². The van der Waals surface area contributed by atoms with Gasteiger partial charge in [-0.05, 0) is 31.2 Å². The lowest BCUT2D eigenvalue weighted by Crippen LogP contribution is -2.19. The zero-order valence-corrected chi connectivity index (χ0v) is 9.66. The molecular formula is C15H13NO. The Morgan fingerprint density at radius 1 is 1.29 bits per heavy atom. The number of fused-ring (bicyclic) bond motifs is 3. The van der Waals surface area contributed by atoms with E-state index in [1.165, 1.54) is 0 Å². The molecule has 84 valence electrons. The predicted octanol–water partition coefficient (Wildman–Crippen LogP) is 2.68. The van der Waals surface area contributed by atoms with Gasteiger partial charge in [-0.15, -0.1) is 0 Å². The molecule has 0 saturated carbocycles. The fraction of sp³-hybridized carbons (Fsp3) is 0.0667. The first-order valence-corrected chi connectivity index (χ1v) is 5.63. The van der Waals surface area contributed by atoms with Gasteiger partial charge in [0.2, 0.25) is 0 Å². The number of rotatable bonds is 1. The summed E-state index contributed by atoms with van der Waals surface area (Å²) >= 11 is 0. The molecule has 3 rings (SSSR count). The van der Waals surface area contributed by atoms with E-state index >= 15 is 0 Å². The number of hydrogen-bond donors (Lipinski definition) is 1. The highest BCUT2D eigenvalue weighted by Gasteiger charge is 2.09. The Balaban J connectivity index is 2.62. The molecule has 0 amide bonds. The zero-order valence-electron chi connectivity index (χ0n) is 9.66. The molecule has 17 heavy (non-hydrogen) atoms. The number of furan rings is 1. The molecule has 0 atom stereocenters. The second-order valence-electron chi connectivity index (χ2n) is 3.95. The average Bonchev–Trinajstić information content (AvgIpc) is 2.87. The van der Waals surface area contributed by atoms with Crippen LogP contribution in [0.1, 0.15) is 6.92 Å². The normalized spacial score (nSPS) is 13.9. The molecule has 0 bridgehead atoms. The van der Waals surface area contributed by atoms with Gasteiger partial charge >= 0.3 is 0 Å². The van der Waals surface area contributed by atoms with Gasteiger partial charge in [0.1, 0.15) is 5.42 Å². The molecule has 0 spiro atoms. The number of benzene rings is 1. The number of aromatic nitrogens is 1. The van der Waals surface area contributed by atoms with Crippen LogP contribution in [0.25, 0.3) is 34.2 Å². The highest BCUT2D eigenvalue weighted by atomic mass is 16.3. The van der Waals surface area contributed by atoms with Crippen molar-refractivity contribution >= 4 is 34.2 Å². The number of hydrogen-bond acceptors (Lipinski definition) is 1. The maximum Gasteiger partial charge on any atom is 0.160 e. The summed E-state index contributed by atoms with van der Waals surface area (Å²) < 4.78 is 5.89. The van der Waals surface area contributed by atoms with Crippen LogP contribution in [0.15, 0.2) is 41.3 Å². The topological polar surface area (TPSA) is 28.9 Å². The predicted molar refractivity (Wildman–Crippen MR) is 72.1 cm³/mol. The molecule has 2 heterocycles. The lowest BCUT2D eigenvalue weighted by atomic mass is 10.2. The molecular weight excluding hydrogens is 210 g/mol.